The Morgan fingerprint density at radius 2 is 2.21 bits per heavy atom. The summed E-state index contributed by atoms with van der Waals surface area (Å²) in [5.41, 5.74) is 0.788. The number of carbonyl (C=O) groups excluding carboxylic acids is 1. The van der Waals surface area contributed by atoms with Crippen LogP contribution in [0.1, 0.15) is 16.8 Å². The van der Waals surface area contributed by atoms with Gasteiger partial charge in [0.1, 0.15) is 5.82 Å². The summed E-state index contributed by atoms with van der Waals surface area (Å²) in [7, 11) is 0. The molecule has 0 saturated carbocycles. The third kappa shape index (κ3) is 3.03. The number of anilines is 1. The standard InChI is InChI=1S/C18H21N3O2S/c22-17(15-4-10-24-11-15)21-8-9-23-14-18(13-21)5-7-20(12-18)16-3-1-2-6-19-16/h1-4,6,10-11H,5,7-9,12-14H2/t18-/m1/s1. The molecule has 0 unspecified atom stereocenters. The predicted octanol–water partition coefficient (Wildman–Crippen LogP) is 2.51. The molecule has 2 aliphatic rings. The van der Waals surface area contributed by atoms with E-state index in [0.29, 0.717) is 19.8 Å². The Kier molecular flexibility index (Phi) is 4.24. The number of hydrogen-bond donors (Lipinski definition) is 0. The van der Waals surface area contributed by atoms with Gasteiger partial charge in [-0.1, -0.05) is 6.07 Å². The number of pyridine rings is 1. The van der Waals surface area contributed by atoms with Gasteiger partial charge in [-0.2, -0.15) is 11.3 Å². The minimum atomic E-state index is -0.000295. The number of aromatic nitrogens is 1. The maximum atomic E-state index is 12.8. The summed E-state index contributed by atoms with van der Waals surface area (Å²) in [5.74, 6) is 1.13. The first-order valence-corrected chi connectivity index (χ1v) is 9.25. The van der Waals surface area contributed by atoms with E-state index < -0.39 is 0 Å². The fraction of sp³-hybridized carbons (Fsp3) is 0.444. The second kappa shape index (κ2) is 6.53. The van der Waals surface area contributed by atoms with Crippen LogP contribution in [0.2, 0.25) is 0 Å². The highest BCUT2D eigenvalue weighted by Crippen LogP contribution is 2.35. The van der Waals surface area contributed by atoms with Crippen LogP contribution in [0.5, 0.6) is 0 Å². The number of ether oxygens (including phenoxy) is 1. The van der Waals surface area contributed by atoms with E-state index in [0.717, 1.165) is 37.4 Å². The average molecular weight is 343 g/mol. The van der Waals surface area contributed by atoms with Crippen molar-refractivity contribution in [2.45, 2.75) is 6.42 Å². The van der Waals surface area contributed by atoms with Crippen molar-refractivity contribution >= 4 is 23.1 Å². The summed E-state index contributed by atoms with van der Waals surface area (Å²) in [5, 5.41) is 3.88. The maximum Gasteiger partial charge on any atom is 0.254 e. The molecule has 2 fully saturated rings. The van der Waals surface area contributed by atoms with Crippen LogP contribution in [-0.4, -0.2) is 55.2 Å². The van der Waals surface area contributed by atoms with Gasteiger partial charge in [-0.25, -0.2) is 4.98 Å². The van der Waals surface area contributed by atoms with Crippen LogP contribution in [0.4, 0.5) is 5.82 Å². The topological polar surface area (TPSA) is 45.7 Å². The highest BCUT2D eigenvalue weighted by atomic mass is 32.1. The maximum absolute atomic E-state index is 12.8. The molecule has 0 radical (unpaired) electrons. The summed E-state index contributed by atoms with van der Waals surface area (Å²) in [6.45, 7) is 4.59. The number of thiophene rings is 1. The highest BCUT2D eigenvalue weighted by Gasteiger charge is 2.42. The lowest BCUT2D eigenvalue weighted by molar-refractivity contribution is 0.0691. The van der Waals surface area contributed by atoms with Gasteiger partial charge in [0.2, 0.25) is 0 Å². The van der Waals surface area contributed by atoms with Gasteiger partial charge in [0.05, 0.1) is 18.8 Å². The summed E-state index contributed by atoms with van der Waals surface area (Å²) in [6.07, 6.45) is 2.85. The molecule has 126 valence electrons. The first kappa shape index (κ1) is 15.6. The van der Waals surface area contributed by atoms with E-state index in [1.54, 1.807) is 11.3 Å². The summed E-state index contributed by atoms with van der Waals surface area (Å²) in [4.78, 5) is 21.5. The fourth-order valence-corrected chi connectivity index (χ4v) is 4.28. The number of hydrogen-bond acceptors (Lipinski definition) is 5. The monoisotopic (exact) mass is 343 g/mol. The van der Waals surface area contributed by atoms with Crippen molar-refractivity contribution in [2.75, 3.05) is 44.3 Å². The lowest BCUT2D eigenvalue weighted by atomic mass is 9.87. The van der Waals surface area contributed by atoms with Crippen molar-refractivity contribution in [3.05, 3.63) is 46.8 Å². The minimum Gasteiger partial charge on any atom is -0.379 e. The summed E-state index contributed by atoms with van der Waals surface area (Å²) < 4.78 is 5.88. The molecule has 6 heteroatoms. The quantitative estimate of drug-likeness (QED) is 0.841. The predicted molar refractivity (Wildman–Crippen MR) is 94.5 cm³/mol. The lowest BCUT2D eigenvalue weighted by Gasteiger charge is -2.32. The summed E-state index contributed by atoms with van der Waals surface area (Å²) in [6, 6.07) is 7.90. The molecular weight excluding hydrogens is 322 g/mol. The molecular formula is C18H21N3O2S. The largest absolute Gasteiger partial charge is 0.379 e. The van der Waals surface area contributed by atoms with Crippen molar-refractivity contribution in [2.24, 2.45) is 5.41 Å². The Morgan fingerprint density at radius 1 is 1.25 bits per heavy atom. The second-order valence-electron chi connectivity index (χ2n) is 6.65. The average Bonchev–Trinajstić information content (AvgIpc) is 3.24. The zero-order valence-electron chi connectivity index (χ0n) is 13.6. The molecule has 4 heterocycles. The smallest absolute Gasteiger partial charge is 0.254 e. The molecule has 2 saturated heterocycles. The van der Waals surface area contributed by atoms with Crippen molar-refractivity contribution < 1.29 is 9.53 Å². The molecule has 2 aliphatic heterocycles. The number of rotatable bonds is 2. The van der Waals surface area contributed by atoms with Crippen molar-refractivity contribution in [1.82, 2.24) is 9.88 Å². The molecule has 24 heavy (non-hydrogen) atoms. The van der Waals surface area contributed by atoms with Gasteiger partial charge in [0.25, 0.3) is 5.91 Å². The van der Waals surface area contributed by atoms with Gasteiger partial charge in [0, 0.05) is 43.2 Å². The number of amides is 1. The van der Waals surface area contributed by atoms with E-state index in [4.69, 9.17) is 4.74 Å². The van der Waals surface area contributed by atoms with E-state index in [-0.39, 0.29) is 11.3 Å². The number of nitrogens with zero attached hydrogens (tertiary/aromatic N) is 3. The molecule has 1 amide bonds. The minimum absolute atomic E-state index is 0.000295. The van der Waals surface area contributed by atoms with Gasteiger partial charge in [-0.3, -0.25) is 4.79 Å². The van der Waals surface area contributed by atoms with Crippen molar-refractivity contribution in [3.8, 4) is 0 Å². The Labute approximate surface area is 145 Å². The van der Waals surface area contributed by atoms with Crippen LogP contribution in [0.3, 0.4) is 0 Å². The van der Waals surface area contributed by atoms with Gasteiger partial charge < -0.3 is 14.5 Å². The Bertz CT molecular complexity index is 692. The first-order chi connectivity index (χ1) is 11.8. The van der Waals surface area contributed by atoms with E-state index >= 15 is 0 Å². The van der Waals surface area contributed by atoms with Crippen LogP contribution in [-0.2, 0) is 4.74 Å². The summed E-state index contributed by atoms with van der Waals surface area (Å²) >= 11 is 1.56. The van der Waals surface area contributed by atoms with E-state index in [1.165, 1.54) is 0 Å². The lowest BCUT2D eigenvalue weighted by Crippen LogP contribution is -2.43. The van der Waals surface area contributed by atoms with Crippen LogP contribution in [0.15, 0.2) is 41.2 Å². The zero-order valence-corrected chi connectivity index (χ0v) is 14.4. The Balaban J connectivity index is 1.51. The van der Waals surface area contributed by atoms with Crippen molar-refractivity contribution in [1.29, 1.82) is 0 Å². The van der Waals surface area contributed by atoms with Gasteiger partial charge >= 0.3 is 0 Å². The van der Waals surface area contributed by atoms with Crippen molar-refractivity contribution in [3.63, 3.8) is 0 Å². The van der Waals surface area contributed by atoms with Crippen LogP contribution < -0.4 is 4.90 Å². The number of carbonyl (C=O) groups is 1. The molecule has 1 atom stereocenters. The van der Waals surface area contributed by atoms with E-state index in [2.05, 4.69) is 9.88 Å². The van der Waals surface area contributed by atoms with Gasteiger partial charge in [-0.15, -0.1) is 0 Å². The molecule has 5 nitrogen and oxygen atoms in total. The SMILES string of the molecule is O=C(c1ccsc1)N1CCOC[C@@]2(CCN(c3ccccn3)C2)C1. The fourth-order valence-electron chi connectivity index (χ4n) is 3.65. The molecule has 4 rings (SSSR count). The molecule has 0 aromatic carbocycles. The third-order valence-corrected chi connectivity index (χ3v) is 5.59. The molecule has 0 bridgehead atoms. The third-order valence-electron chi connectivity index (χ3n) is 4.91. The molecule has 0 N–H and O–H groups in total. The molecule has 0 aliphatic carbocycles. The van der Waals surface area contributed by atoms with E-state index in [1.807, 2.05) is 46.1 Å². The molecule has 2 aromatic heterocycles. The van der Waals surface area contributed by atoms with Crippen LogP contribution in [0.25, 0.3) is 0 Å². The Morgan fingerprint density at radius 3 is 3.00 bits per heavy atom. The zero-order chi connectivity index (χ0) is 16.4. The molecule has 1 spiro atoms. The van der Waals surface area contributed by atoms with Crippen LogP contribution >= 0.6 is 11.3 Å². The van der Waals surface area contributed by atoms with E-state index in [9.17, 15) is 4.79 Å². The normalized spacial score (nSPS) is 24.3. The first-order valence-electron chi connectivity index (χ1n) is 8.31. The molecule has 2 aromatic rings. The Hall–Kier alpha value is -1.92. The van der Waals surface area contributed by atoms with Gasteiger partial charge in [-0.05, 0) is 30.0 Å². The van der Waals surface area contributed by atoms with Gasteiger partial charge in [0.15, 0.2) is 0 Å². The second-order valence-corrected chi connectivity index (χ2v) is 7.43. The highest BCUT2D eigenvalue weighted by molar-refractivity contribution is 7.08. The van der Waals surface area contributed by atoms with Crippen LogP contribution in [0, 0.1) is 5.41 Å².